The quantitative estimate of drug-likeness (QED) is 0.172. The van der Waals surface area contributed by atoms with E-state index in [0.717, 1.165) is 61.6 Å². The normalized spacial score (nSPS) is 15.8. The number of nitrogens with zero attached hydrogens (tertiary/aromatic N) is 1. The van der Waals surface area contributed by atoms with Crippen LogP contribution in [0.2, 0.25) is 0 Å². The van der Waals surface area contributed by atoms with E-state index in [2.05, 4.69) is 273 Å². The van der Waals surface area contributed by atoms with E-state index in [1.165, 1.54) is 111 Å². The molecule has 2 aromatic heterocycles. The Bertz CT molecular complexity index is 4620. The molecule has 0 N–H and O–H groups in total. The molecule has 0 fully saturated rings. The van der Waals surface area contributed by atoms with Gasteiger partial charge in [0.15, 0.2) is 0 Å². The van der Waals surface area contributed by atoms with Crippen molar-refractivity contribution in [1.82, 2.24) is 0 Å². The number of anilines is 3. The molecule has 0 aliphatic heterocycles. The second kappa shape index (κ2) is 15.8. The maximum absolute atomic E-state index is 7.17. The zero-order valence-corrected chi connectivity index (χ0v) is 47.0. The number of rotatable bonds is 5. The van der Waals surface area contributed by atoms with E-state index < -0.39 is 10.8 Å². The van der Waals surface area contributed by atoms with Gasteiger partial charge in [0.2, 0.25) is 0 Å². The summed E-state index contributed by atoms with van der Waals surface area (Å²) in [5, 5.41) is 4.77. The van der Waals surface area contributed by atoms with Crippen molar-refractivity contribution in [2.75, 3.05) is 4.90 Å². The summed E-state index contributed by atoms with van der Waals surface area (Å²) in [6.07, 6.45) is 0. The third-order valence-corrected chi connectivity index (χ3v) is 19.7. The van der Waals surface area contributed by atoms with Crippen molar-refractivity contribution in [1.29, 1.82) is 0 Å². The molecule has 0 atom stereocenters. The number of furan rings is 2. The van der Waals surface area contributed by atoms with Crippen LogP contribution in [0.25, 0.3) is 111 Å². The van der Waals surface area contributed by atoms with E-state index >= 15 is 0 Å². The molecular formula is C78H59NO2. The Kier molecular flexibility index (Phi) is 9.11. The van der Waals surface area contributed by atoms with Crippen molar-refractivity contribution in [2.24, 2.45) is 0 Å². The monoisotopic (exact) mass is 1040 g/mol. The summed E-state index contributed by atoms with van der Waals surface area (Å²) in [5.41, 5.74) is 31.5. The van der Waals surface area contributed by atoms with Gasteiger partial charge in [-0.25, -0.2) is 0 Å². The minimum absolute atomic E-state index is 0.253. The standard InChI is InChI=1S/C78H59NO2/c1-75(2)56-34-19-15-28-50(56)62-64-54-30-17-21-36-60(54)80-73(64)66-52-40-38-46(42-58(52)77(5,6)70(66)68(62)75)79(72-48(44-24-11-9-12-25-44)32-23-33-49(72)45-26-13-10-14-27-45)47-39-41-53-59(43-47)78(7,8)71-67(53)74-65(55-31-18-22-37-61(55)81-74)63-51-29-16-20-35-57(51)76(3,4)69(63)71/h9-43H,1-8H3. The number of fused-ring (bicyclic) bond motifs is 24. The molecule has 0 radical (unpaired) electrons. The lowest BCUT2D eigenvalue weighted by atomic mass is 9.72. The fourth-order valence-electron chi connectivity index (χ4n) is 16.2. The van der Waals surface area contributed by atoms with E-state index in [1.807, 2.05) is 0 Å². The van der Waals surface area contributed by atoms with Crippen LogP contribution in [0.3, 0.4) is 0 Å². The molecular weight excluding hydrogens is 983 g/mol. The molecule has 11 aromatic carbocycles. The first kappa shape index (κ1) is 46.7. The molecule has 4 aliphatic rings. The summed E-state index contributed by atoms with van der Waals surface area (Å²) in [4.78, 5) is 2.59. The Morgan fingerprint density at radius 1 is 0.296 bits per heavy atom. The molecule has 4 aliphatic carbocycles. The van der Waals surface area contributed by atoms with Crippen LogP contribution in [0.15, 0.2) is 221 Å². The highest BCUT2D eigenvalue weighted by Crippen LogP contribution is 2.66. The maximum Gasteiger partial charge on any atom is 0.144 e. The summed E-state index contributed by atoms with van der Waals surface area (Å²) in [6, 6.07) is 78.9. The number of hydrogen-bond acceptors (Lipinski definition) is 3. The average molecular weight is 1040 g/mol. The molecule has 0 bridgehead atoms. The van der Waals surface area contributed by atoms with Gasteiger partial charge >= 0.3 is 0 Å². The molecule has 0 saturated heterocycles. The molecule has 0 saturated carbocycles. The lowest BCUT2D eigenvalue weighted by molar-refractivity contribution is 0.600. The van der Waals surface area contributed by atoms with E-state index in [4.69, 9.17) is 8.83 Å². The molecule has 388 valence electrons. The van der Waals surface area contributed by atoms with E-state index in [1.54, 1.807) is 0 Å². The van der Waals surface area contributed by atoms with Crippen LogP contribution in [0.1, 0.15) is 99.9 Å². The maximum atomic E-state index is 7.17. The highest BCUT2D eigenvalue weighted by atomic mass is 16.3. The largest absolute Gasteiger partial charge is 0.455 e. The molecule has 81 heavy (non-hydrogen) atoms. The smallest absolute Gasteiger partial charge is 0.144 e. The Morgan fingerprint density at radius 3 is 1.09 bits per heavy atom. The van der Waals surface area contributed by atoms with Crippen LogP contribution in [0.4, 0.5) is 17.1 Å². The molecule has 3 nitrogen and oxygen atoms in total. The highest BCUT2D eigenvalue weighted by Gasteiger charge is 2.51. The molecule has 13 aromatic rings. The zero-order chi connectivity index (χ0) is 54.6. The predicted octanol–water partition coefficient (Wildman–Crippen LogP) is 21.5. The van der Waals surface area contributed by atoms with Gasteiger partial charge in [0.25, 0.3) is 0 Å². The summed E-state index contributed by atoms with van der Waals surface area (Å²) in [6.45, 7) is 19.6. The molecule has 0 spiro atoms. The van der Waals surface area contributed by atoms with Crippen molar-refractivity contribution in [3.05, 3.63) is 257 Å². The van der Waals surface area contributed by atoms with Crippen LogP contribution in [0.5, 0.6) is 0 Å². The fourth-order valence-corrected chi connectivity index (χ4v) is 16.2. The number of hydrogen-bond donors (Lipinski definition) is 0. The summed E-state index contributed by atoms with van der Waals surface area (Å²) < 4.78 is 14.3. The van der Waals surface area contributed by atoms with Crippen LogP contribution in [0, 0.1) is 0 Å². The van der Waals surface area contributed by atoms with E-state index in [9.17, 15) is 0 Å². The third kappa shape index (κ3) is 5.88. The zero-order valence-electron chi connectivity index (χ0n) is 47.0. The molecule has 3 heteroatoms. The van der Waals surface area contributed by atoms with Crippen molar-refractivity contribution in [3.8, 4) is 66.8 Å². The third-order valence-electron chi connectivity index (χ3n) is 19.7. The highest BCUT2D eigenvalue weighted by molar-refractivity contribution is 6.22. The van der Waals surface area contributed by atoms with Crippen molar-refractivity contribution in [3.63, 3.8) is 0 Å². The van der Waals surface area contributed by atoms with Gasteiger partial charge < -0.3 is 13.7 Å². The van der Waals surface area contributed by atoms with Gasteiger partial charge in [0, 0.05) is 76.8 Å². The summed E-state index contributed by atoms with van der Waals surface area (Å²) in [5.74, 6) is 0. The van der Waals surface area contributed by atoms with Crippen LogP contribution < -0.4 is 4.90 Å². The van der Waals surface area contributed by atoms with Gasteiger partial charge in [0.1, 0.15) is 22.3 Å². The van der Waals surface area contributed by atoms with E-state index in [0.29, 0.717) is 0 Å². The predicted molar refractivity (Wildman–Crippen MR) is 337 cm³/mol. The van der Waals surface area contributed by atoms with E-state index in [-0.39, 0.29) is 10.8 Å². The van der Waals surface area contributed by atoms with Gasteiger partial charge in [-0.05, 0) is 125 Å². The van der Waals surface area contributed by atoms with Crippen molar-refractivity contribution < 1.29 is 8.83 Å². The average Bonchev–Trinajstić information content (AvgIpc) is 1.96. The van der Waals surface area contributed by atoms with Gasteiger partial charge in [0.05, 0.1) is 5.69 Å². The number of benzene rings is 11. The Labute approximate surface area is 472 Å². The Hall–Kier alpha value is -9.18. The Balaban J connectivity index is 0.950. The molecule has 17 rings (SSSR count). The SMILES string of the molecule is CC1(C)c2cc(N(c3ccc4c(c3)C(C)(C)c3c5c(c6c(oc7ccccc76)c3-4)-c3ccccc3C5(C)C)c3c(-c4ccccc4)cccc3-c3ccccc3)ccc2-c2c1c1c(c3c2oc2ccccc23)-c2ccccc2C1(C)C. The second-order valence-corrected chi connectivity index (χ2v) is 25.4. The van der Waals surface area contributed by atoms with Gasteiger partial charge in [-0.3, -0.25) is 0 Å². The topological polar surface area (TPSA) is 29.5 Å². The molecule has 0 amide bonds. The van der Waals surface area contributed by atoms with Crippen molar-refractivity contribution >= 4 is 60.9 Å². The molecule has 2 heterocycles. The van der Waals surface area contributed by atoms with Gasteiger partial charge in [-0.1, -0.05) is 231 Å². The summed E-state index contributed by atoms with van der Waals surface area (Å²) >= 11 is 0. The van der Waals surface area contributed by atoms with Crippen LogP contribution >= 0.6 is 0 Å². The minimum Gasteiger partial charge on any atom is -0.455 e. The first-order chi connectivity index (χ1) is 39.3. The lowest BCUT2D eigenvalue weighted by Gasteiger charge is -2.34. The van der Waals surface area contributed by atoms with Crippen LogP contribution in [-0.4, -0.2) is 0 Å². The van der Waals surface area contributed by atoms with Gasteiger partial charge in [-0.15, -0.1) is 0 Å². The first-order valence-corrected chi connectivity index (χ1v) is 28.8. The van der Waals surface area contributed by atoms with Crippen molar-refractivity contribution in [2.45, 2.75) is 77.0 Å². The fraction of sp³-hybridized carbons (Fsp3) is 0.154. The number of para-hydroxylation sites is 3. The first-order valence-electron chi connectivity index (χ1n) is 28.8. The second-order valence-electron chi connectivity index (χ2n) is 25.4. The van der Waals surface area contributed by atoms with Crippen LogP contribution in [-0.2, 0) is 21.7 Å². The molecule has 0 unspecified atom stereocenters. The minimum atomic E-state index is -0.408. The lowest BCUT2D eigenvalue weighted by Crippen LogP contribution is -2.24. The summed E-state index contributed by atoms with van der Waals surface area (Å²) in [7, 11) is 0. The Morgan fingerprint density at radius 2 is 0.642 bits per heavy atom. The van der Waals surface area contributed by atoms with Gasteiger partial charge in [-0.2, -0.15) is 0 Å².